The van der Waals surface area contributed by atoms with Crippen LogP contribution in [0, 0.1) is 5.82 Å². The quantitative estimate of drug-likeness (QED) is 0.704. The maximum absolute atomic E-state index is 12.7. The summed E-state index contributed by atoms with van der Waals surface area (Å²) in [4.78, 5) is 0. The predicted molar refractivity (Wildman–Crippen MR) is 54.4 cm³/mol. The maximum atomic E-state index is 12.7. The lowest BCUT2D eigenvalue weighted by Gasteiger charge is -2.06. The Labute approximate surface area is 83.8 Å². The van der Waals surface area contributed by atoms with E-state index >= 15 is 0 Å². The fourth-order valence-electron chi connectivity index (χ4n) is 1.19. The topological polar surface area (TPSA) is 32.3 Å². The van der Waals surface area contributed by atoms with Crippen molar-refractivity contribution in [1.29, 1.82) is 0 Å². The molecule has 78 valence electrons. The Hall–Kier alpha value is -0.930. The number of nitrogens with one attached hydrogen (secondary N) is 1. The number of halogens is 1. The lowest BCUT2D eigenvalue weighted by Crippen LogP contribution is -2.18. The lowest BCUT2D eigenvalue weighted by molar-refractivity contribution is 0.183. The fourth-order valence-corrected chi connectivity index (χ4v) is 1.19. The van der Waals surface area contributed by atoms with E-state index in [0.717, 1.165) is 18.5 Å². The first kappa shape index (κ1) is 11.1. The van der Waals surface area contributed by atoms with Crippen molar-refractivity contribution in [3.8, 4) is 0 Å². The third kappa shape index (κ3) is 4.35. The molecule has 0 fully saturated rings. The van der Waals surface area contributed by atoms with Gasteiger partial charge in [-0.15, -0.1) is 0 Å². The highest BCUT2D eigenvalue weighted by molar-refractivity contribution is 5.15. The number of aliphatic hydroxyl groups excluding tert-OH is 1. The van der Waals surface area contributed by atoms with Gasteiger partial charge in [0.05, 0.1) is 6.10 Å². The van der Waals surface area contributed by atoms with Crippen LogP contribution < -0.4 is 5.32 Å². The molecule has 0 amide bonds. The minimum absolute atomic E-state index is 0.208. The average Bonchev–Trinajstić information content (AvgIpc) is 2.12. The van der Waals surface area contributed by atoms with E-state index in [0.29, 0.717) is 6.54 Å². The SMILES string of the molecule is C[C@H](O)CCNCc1cccc(F)c1. The van der Waals surface area contributed by atoms with Gasteiger partial charge in [0.1, 0.15) is 5.82 Å². The van der Waals surface area contributed by atoms with E-state index in [2.05, 4.69) is 5.32 Å². The zero-order valence-corrected chi connectivity index (χ0v) is 8.33. The molecule has 0 aliphatic carbocycles. The lowest BCUT2D eigenvalue weighted by atomic mass is 10.2. The Balaban J connectivity index is 2.25. The highest BCUT2D eigenvalue weighted by Crippen LogP contribution is 2.02. The van der Waals surface area contributed by atoms with Gasteiger partial charge in [0.25, 0.3) is 0 Å². The molecular formula is C11H16FNO. The smallest absolute Gasteiger partial charge is 0.123 e. The molecular weight excluding hydrogens is 181 g/mol. The van der Waals surface area contributed by atoms with Crippen molar-refractivity contribution >= 4 is 0 Å². The van der Waals surface area contributed by atoms with Crippen LogP contribution in [-0.4, -0.2) is 17.8 Å². The van der Waals surface area contributed by atoms with E-state index in [4.69, 9.17) is 5.11 Å². The first-order chi connectivity index (χ1) is 6.68. The highest BCUT2D eigenvalue weighted by atomic mass is 19.1. The number of hydrogen-bond acceptors (Lipinski definition) is 2. The zero-order valence-electron chi connectivity index (χ0n) is 8.33. The number of hydrogen-bond donors (Lipinski definition) is 2. The molecule has 1 rings (SSSR count). The average molecular weight is 197 g/mol. The largest absolute Gasteiger partial charge is 0.393 e. The summed E-state index contributed by atoms with van der Waals surface area (Å²) in [7, 11) is 0. The summed E-state index contributed by atoms with van der Waals surface area (Å²) in [6.07, 6.45) is 0.435. The Morgan fingerprint density at radius 3 is 2.93 bits per heavy atom. The first-order valence-corrected chi connectivity index (χ1v) is 4.81. The molecule has 2 N–H and O–H groups in total. The Bertz CT molecular complexity index is 276. The summed E-state index contributed by atoms with van der Waals surface area (Å²) < 4.78 is 12.7. The first-order valence-electron chi connectivity index (χ1n) is 4.81. The van der Waals surface area contributed by atoms with Crippen LogP contribution in [0.15, 0.2) is 24.3 Å². The van der Waals surface area contributed by atoms with E-state index in [1.165, 1.54) is 12.1 Å². The van der Waals surface area contributed by atoms with Gasteiger partial charge in [-0.3, -0.25) is 0 Å². The summed E-state index contributed by atoms with van der Waals surface area (Å²) in [5.74, 6) is -0.208. The van der Waals surface area contributed by atoms with Crippen LogP contribution in [-0.2, 0) is 6.54 Å². The number of rotatable bonds is 5. The minimum atomic E-state index is -0.282. The van der Waals surface area contributed by atoms with Crippen LogP contribution in [0.25, 0.3) is 0 Å². The van der Waals surface area contributed by atoms with Gasteiger partial charge >= 0.3 is 0 Å². The molecule has 2 nitrogen and oxygen atoms in total. The maximum Gasteiger partial charge on any atom is 0.123 e. The minimum Gasteiger partial charge on any atom is -0.393 e. The van der Waals surface area contributed by atoms with Gasteiger partial charge in [-0.05, 0) is 37.6 Å². The molecule has 0 aromatic heterocycles. The highest BCUT2D eigenvalue weighted by Gasteiger charge is 1.96. The Kier molecular flexibility index (Phi) is 4.56. The standard InChI is InChI=1S/C11H16FNO/c1-9(14)5-6-13-8-10-3-2-4-11(12)7-10/h2-4,7,9,13-14H,5-6,8H2,1H3/t9-/m0/s1. The number of aliphatic hydroxyl groups is 1. The molecule has 0 unspecified atom stereocenters. The number of benzene rings is 1. The van der Waals surface area contributed by atoms with Crippen molar-refractivity contribution in [2.75, 3.05) is 6.54 Å². The van der Waals surface area contributed by atoms with Crippen LogP contribution in [0.5, 0.6) is 0 Å². The molecule has 0 saturated carbocycles. The van der Waals surface area contributed by atoms with E-state index in [1.807, 2.05) is 6.07 Å². The molecule has 0 saturated heterocycles. The third-order valence-corrected chi connectivity index (χ3v) is 1.96. The molecule has 3 heteroatoms. The molecule has 0 heterocycles. The van der Waals surface area contributed by atoms with Gasteiger partial charge in [0.15, 0.2) is 0 Å². The molecule has 0 bridgehead atoms. The van der Waals surface area contributed by atoms with Crippen LogP contribution in [0.1, 0.15) is 18.9 Å². The summed E-state index contributed by atoms with van der Waals surface area (Å²) in [5.41, 5.74) is 0.926. The molecule has 0 aliphatic heterocycles. The van der Waals surface area contributed by atoms with Crippen LogP contribution >= 0.6 is 0 Å². The van der Waals surface area contributed by atoms with E-state index in [1.54, 1.807) is 13.0 Å². The summed E-state index contributed by atoms with van der Waals surface area (Å²) in [5, 5.41) is 12.1. The molecule has 14 heavy (non-hydrogen) atoms. The van der Waals surface area contributed by atoms with Crippen LogP contribution in [0.2, 0.25) is 0 Å². The second-order valence-corrected chi connectivity index (χ2v) is 3.44. The Morgan fingerprint density at radius 1 is 1.50 bits per heavy atom. The fraction of sp³-hybridized carbons (Fsp3) is 0.455. The molecule has 1 aromatic rings. The monoisotopic (exact) mass is 197 g/mol. The zero-order chi connectivity index (χ0) is 10.4. The van der Waals surface area contributed by atoms with Gasteiger partial charge in [0.2, 0.25) is 0 Å². The van der Waals surface area contributed by atoms with Crippen molar-refractivity contribution in [3.05, 3.63) is 35.6 Å². The van der Waals surface area contributed by atoms with Crippen molar-refractivity contribution < 1.29 is 9.50 Å². The van der Waals surface area contributed by atoms with Gasteiger partial charge in [-0.25, -0.2) is 4.39 Å². The van der Waals surface area contributed by atoms with Crippen molar-refractivity contribution in [3.63, 3.8) is 0 Å². The van der Waals surface area contributed by atoms with Gasteiger partial charge in [-0.2, -0.15) is 0 Å². The second kappa shape index (κ2) is 5.73. The van der Waals surface area contributed by atoms with Crippen molar-refractivity contribution in [2.24, 2.45) is 0 Å². The van der Waals surface area contributed by atoms with Crippen LogP contribution in [0.3, 0.4) is 0 Å². The predicted octanol–water partition coefficient (Wildman–Crippen LogP) is 1.69. The molecule has 0 radical (unpaired) electrons. The van der Waals surface area contributed by atoms with E-state index in [9.17, 15) is 4.39 Å². The second-order valence-electron chi connectivity index (χ2n) is 3.44. The molecule has 1 aromatic carbocycles. The van der Waals surface area contributed by atoms with Gasteiger partial charge < -0.3 is 10.4 Å². The molecule has 0 aliphatic rings. The van der Waals surface area contributed by atoms with Crippen molar-refractivity contribution in [1.82, 2.24) is 5.32 Å². The summed E-state index contributed by atoms with van der Waals surface area (Å²) in [6, 6.07) is 6.51. The van der Waals surface area contributed by atoms with E-state index in [-0.39, 0.29) is 11.9 Å². The van der Waals surface area contributed by atoms with Gasteiger partial charge in [-0.1, -0.05) is 12.1 Å². The third-order valence-electron chi connectivity index (χ3n) is 1.96. The Morgan fingerprint density at radius 2 is 2.29 bits per heavy atom. The van der Waals surface area contributed by atoms with Gasteiger partial charge in [0, 0.05) is 6.54 Å². The molecule has 0 spiro atoms. The molecule has 1 atom stereocenters. The van der Waals surface area contributed by atoms with Crippen LogP contribution in [0.4, 0.5) is 4.39 Å². The summed E-state index contributed by atoms with van der Waals surface area (Å²) >= 11 is 0. The van der Waals surface area contributed by atoms with Crippen molar-refractivity contribution in [2.45, 2.75) is 26.0 Å². The van der Waals surface area contributed by atoms with E-state index < -0.39 is 0 Å². The summed E-state index contributed by atoms with van der Waals surface area (Å²) in [6.45, 7) is 3.14. The normalized spacial score (nSPS) is 12.8.